The monoisotopic (exact) mass is 387 g/mol. The number of nitrogens with zero attached hydrogens (tertiary/aromatic N) is 1. The molecule has 2 unspecified atom stereocenters. The number of hydrogen-bond acceptors (Lipinski definition) is 4. The molecule has 27 heavy (non-hydrogen) atoms. The first-order valence-electron chi connectivity index (χ1n) is 8.88. The maximum atomic E-state index is 13.2. The van der Waals surface area contributed by atoms with Crippen LogP contribution in [0, 0.1) is 0 Å². The number of hydroxylamine groups is 3. The lowest BCUT2D eigenvalue weighted by Gasteiger charge is -2.26. The van der Waals surface area contributed by atoms with Gasteiger partial charge >= 0.3 is 5.91 Å². The Kier molecular flexibility index (Phi) is 5.55. The molecule has 6 nitrogen and oxygen atoms in total. The van der Waals surface area contributed by atoms with Gasteiger partial charge in [0.1, 0.15) is 6.54 Å². The highest BCUT2D eigenvalue weighted by Crippen LogP contribution is 2.30. The van der Waals surface area contributed by atoms with E-state index in [1.54, 1.807) is 18.2 Å². The number of aryl methyl sites for hydroxylation is 1. The largest absolute Gasteiger partial charge is 0.379 e. The van der Waals surface area contributed by atoms with Crippen molar-refractivity contribution in [3.05, 3.63) is 59.7 Å². The highest BCUT2D eigenvalue weighted by molar-refractivity contribution is 7.86. The third-order valence-corrected chi connectivity index (χ3v) is 6.49. The molecule has 2 aromatic rings. The molecular formula is C20H23N2O4S+. The molecule has 3 rings (SSSR count). The lowest BCUT2D eigenvalue weighted by atomic mass is 9.97. The van der Waals surface area contributed by atoms with Crippen LogP contribution in [-0.4, -0.2) is 43.5 Å². The predicted octanol–water partition coefficient (Wildman–Crippen LogP) is 2.23. The van der Waals surface area contributed by atoms with Gasteiger partial charge in [-0.2, -0.15) is 0 Å². The van der Waals surface area contributed by atoms with Crippen molar-refractivity contribution in [1.82, 2.24) is 0 Å². The van der Waals surface area contributed by atoms with Crippen molar-refractivity contribution in [2.45, 2.75) is 25.1 Å². The molecule has 2 amide bonds. The van der Waals surface area contributed by atoms with Crippen LogP contribution in [0.15, 0.2) is 48.5 Å². The fourth-order valence-electron chi connectivity index (χ4n) is 3.47. The Bertz CT molecular complexity index is 897. The average molecular weight is 387 g/mol. The summed E-state index contributed by atoms with van der Waals surface area (Å²) in [6.07, 6.45) is 2.02. The van der Waals surface area contributed by atoms with Crippen molar-refractivity contribution in [2.75, 3.05) is 12.3 Å². The molecule has 7 heteroatoms. The van der Waals surface area contributed by atoms with Gasteiger partial charge in [-0.15, -0.1) is 0 Å². The number of nitrogens with two attached hydrogens (primary N) is 1. The number of carbonyl (C=O) groups is 2. The number of amides is 2. The summed E-state index contributed by atoms with van der Waals surface area (Å²) in [6, 6.07) is 14.8. The van der Waals surface area contributed by atoms with Crippen LogP contribution < -0.4 is 5.73 Å². The topological polar surface area (TPSA) is 97.5 Å². The zero-order chi connectivity index (χ0) is 19.6. The molecule has 0 radical (unpaired) electrons. The van der Waals surface area contributed by atoms with Crippen LogP contribution in [0.1, 0.15) is 29.3 Å². The fraction of sp³-hybridized carbons (Fsp3) is 0.300. The van der Waals surface area contributed by atoms with Crippen LogP contribution in [0.3, 0.4) is 0 Å². The first-order valence-corrected chi connectivity index (χ1v) is 10.3. The van der Waals surface area contributed by atoms with E-state index >= 15 is 0 Å². The van der Waals surface area contributed by atoms with Crippen LogP contribution in [0.25, 0.3) is 11.1 Å². The van der Waals surface area contributed by atoms with Gasteiger partial charge in [-0.05, 0) is 29.2 Å². The van der Waals surface area contributed by atoms with Crippen LogP contribution >= 0.6 is 0 Å². The number of hydrogen-bond donors (Lipinski definition) is 2. The molecule has 2 aromatic carbocycles. The van der Waals surface area contributed by atoms with Crippen molar-refractivity contribution < 1.29 is 23.7 Å². The molecular weight excluding hydrogens is 364 g/mol. The lowest BCUT2D eigenvalue weighted by molar-refractivity contribution is -1.03. The smallest absolute Gasteiger partial charge is 0.363 e. The van der Waals surface area contributed by atoms with Gasteiger partial charge in [0.15, 0.2) is 0 Å². The van der Waals surface area contributed by atoms with Gasteiger partial charge in [-0.3, -0.25) is 9.00 Å². The zero-order valence-corrected chi connectivity index (χ0v) is 15.9. The Morgan fingerprint density at radius 2 is 1.85 bits per heavy atom. The molecule has 0 spiro atoms. The minimum atomic E-state index is -1.68. The predicted molar refractivity (Wildman–Crippen MR) is 103 cm³/mol. The van der Waals surface area contributed by atoms with Gasteiger partial charge in [0.25, 0.3) is 11.3 Å². The molecule has 0 aliphatic carbocycles. The molecule has 1 saturated heterocycles. The minimum absolute atomic E-state index is 0.0454. The third-order valence-electron chi connectivity index (χ3n) is 4.83. The van der Waals surface area contributed by atoms with E-state index in [1.807, 2.05) is 30.3 Å². The molecule has 0 saturated carbocycles. The maximum absolute atomic E-state index is 13.2. The third kappa shape index (κ3) is 3.58. The van der Waals surface area contributed by atoms with Gasteiger partial charge in [-0.1, -0.05) is 60.5 Å². The van der Waals surface area contributed by atoms with E-state index in [9.17, 15) is 19.0 Å². The Morgan fingerprint density at radius 1 is 1.19 bits per heavy atom. The fourth-order valence-corrected chi connectivity index (χ4v) is 5.00. The summed E-state index contributed by atoms with van der Waals surface area (Å²) < 4.78 is 10.9. The van der Waals surface area contributed by atoms with Crippen molar-refractivity contribution in [3.8, 4) is 11.1 Å². The summed E-state index contributed by atoms with van der Waals surface area (Å²) in [6.45, 7) is 2.00. The van der Waals surface area contributed by atoms with Gasteiger partial charge in [-0.25, -0.2) is 10.0 Å². The minimum Gasteiger partial charge on any atom is -0.363 e. The molecule has 0 aromatic heterocycles. The summed E-state index contributed by atoms with van der Waals surface area (Å²) in [5.74, 6) is -1.56. The van der Waals surface area contributed by atoms with Gasteiger partial charge in [0.05, 0.1) is 22.1 Å². The van der Waals surface area contributed by atoms with Gasteiger partial charge in [0, 0.05) is 0 Å². The number of primary amides is 1. The second-order valence-corrected chi connectivity index (χ2v) is 8.30. The van der Waals surface area contributed by atoms with Crippen LogP contribution in [0.5, 0.6) is 0 Å². The second kappa shape index (κ2) is 7.72. The summed E-state index contributed by atoms with van der Waals surface area (Å²) in [5, 5.41) is 9.45. The van der Waals surface area contributed by atoms with E-state index in [-0.39, 0.29) is 17.9 Å². The Morgan fingerprint density at radius 3 is 2.48 bits per heavy atom. The van der Waals surface area contributed by atoms with Crippen molar-refractivity contribution >= 4 is 22.6 Å². The number of rotatable bonds is 5. The quantitative estimate of drug-likeness (QED) is 0.607. The van der Waals surface area contributed by atoms with E-state index in [0.29, 0.717) is 5.56 Å². The average Bonchev–Trinajstić information content (AvgIpc) is 2.98. The first-order chi connectivity index (χ1) is 12.9. The molecule has 1 aliphatic heterocycles. The Labute approximate surface area is 160 Å². The molecule has 142 valence electrons. The lowest BCUT2D eigenvalue weighted by Crippen LogP contribution is -2.59. The number of quaternary nitrogens is 1. The number of carbonyl (C=O) groups excluding carboxylic acids is 2. The Hall–Kier alpha value is -2.35. The van der Waals surface area contributed by atoms with Gasteiger partial charge in [0.2, 0.25) is 0 Å². The molecule has 3 atom stereocenters. The van der Waals surface area contributed by atoms with Crippen LogP contribution in [0.2, 0.25) is 0 Å². The highest BCUT2D eigenvalue weighted by Gasteiger charge is 2.57. The molecule has 1 fully saturated rings. The standard InChI is InChI=1S/C20H22N2O4S/c1-2-5-14-8-10-15(11-9-14)16-6-3-4-7-17(16)19(24)22(25)12-13-27(26)20(22)18(21)23/h3-4,6-11,20,25H,2,5,12-13H2,1H3,(H-,21,23)/p+1/t20?,22?,27-/m0/s1. The molecule has 1 heterocycles. The van der Waals surface area contributed by atoms with E-state index in [0.717, 1.165) is 18.4 Å². The summed E-state index contributed by atoms with van der Waals surface area (Å²) >= 11 is 0. The zero-order valence-electron chi connectivity index (χ0n) is 15.1. The Balaban J connectivity index is 2.02. The van der Waals surface area contributed by atoms with Crippen LogP contribution in [0.4, 0.5) is 0 Å². The molecule has 3 N–H and O–H groups in total. The SMILES string of the molecule is CCCc1ccc(-c2ccccc2C(=O)[N+]2(O)CC[S@](=O)C2C(N)=O)cc1. The summed E-state index contributed by atoms with van der Waals surface area (Å²) in [4.78, 5) is 24.9. The summed E-state index contributed by atoms with van der Waals surface area (Å²) in [5.41, 5.74) is 8.28. The van der Waals surface area contributed by atoms with Crippen molar-refractivity contribution in [3.63, 3.8) is 0 Å². The van der Waals surface area contributed by atoms with Gasteiger partial charge < -0.3 is 5.73 Å². The molecule has 1 aliphatic rings. The van der Waals surface area contributed by atoms with Crippen LogP contribution in [-0.2, 0) is 22.0 Å². The van der Waals surface area contributed by atoms with Crippen molar-refractivity contribution in [1.29, 1.82) is 0 Å². The van der Waals surface area contributed by atoms with E-state index in [1.165, 1.54) is 5.56 Å². The second-order valence-electron chi connectivity index (χ2n) is 6.69. The summed E-state index contributed by atoms with van der Waals surface area (Å²) in [7, 11) is -1.68. The normalized spacial score (nSPS) is 24.7. The van der Waals surface area contributed by atoms with Crippen molar-refractivity contribution in [2.24, 2.45) is 5.73 Å². The van der Waals surface area contributed by atoms with E-state index < -0.39 is 32.6 Å². The maximum Gasteiger partial charge on any atom is 0.379 e. The first kappa shape index (κ1) is 19.4. The number of benzene rings is 2. The molecule has 0 bridgehead atoms. The van der Waals surface area contributed by atoms with E-state index in [2.05, 4.69) is 6.92 Å². The highest BCUT2D eigenvalue weighted by atomic mass is 32.2. The van der Waals surface area contributed by atoms with E-state index in [4.69, 9.17) is 5.73 Å².